The quantitative estimate of drug-likeness (QED) is 0.470. The molecule has 0 aromatic rings. The lowest BCUT2D eigenvalue weighted by molar-refractivity contribution is -0.154. The molecule has 0 spiro atoms. The van der Waals surface area contributed by atoms with Crippen LogP contribution in [0.4, 0.5) is 8.78 Å². The Morgan fingerprint density at radius 2 is 1.80 bits per heavy atom. The van der Waals surface area contributed by atoms with E-state index in [4.69, 9.17) is 4.74 Å². The van der Waals surface area contributed by atoms with Crippen molar-refractivity contribution in [3.8, 4) is 0 Å². The minimum absolute atomic E-state index is 0.115. The Bertz CT molecular complexity index is 299. The molecule has 0 N–H and O–H groups in total. The van der Waals surface area contributed by atoms with Crippen LogP contribution < -0.4 is 0 Å². The summed E-state index contributed by atoms with van der Waals surface area (Å²) in [6, 6.07) is 0. The molecule has 1 unspecified atom stereocenters. The zero-order chi connectivity index (χ0) is 16.0. The fourth-order valence-corrected chi connectivity index (χ4v) is 2.74. The maximum Gasteiger partial charge on any atom is 0.319 e. The first-order valence-corrected chi connectivity index (χ1v) is 8.25. The third-order valence-electron chi connectivity index (χ3n) is 2.75. The fourth-order valence-electron chi connectivity index (χ4n) is 1.61. The maximum atomic E-state index is 13.1. The first kappa shape index (κ1) is 19.7. The molecule has 0 aliphatic carbocycles. The molecule has 0 bridgehead atoms. The third-order valence-corrected chi connectivity index (χ3v) is 4.37. The predicted molar refractivity (Wildman–Crippen MR) is 81.4 cm³/mol. The summed E-state index contributed by atoms with van der Waals surface area (Å²) >= 11 is 1.42. The van der Waals surface area contributed by atoms with Crippen LogP contribution in [0.25, 0.3) is 0 Å². The summed E-state index contributed by atoms with van der Waals surface area (Å²) in [5, 5.41) is -0.288. The van der Waals surface area contributed by atoms with Gasteiger partial charge in [-0.05, 0) is 38.9 Å². The molecule has 0 fully saturated rings. The number of hydrogen-bond acceptors (Lipinski definition) is 3. The summed E-state index contributed by atoms with van der Waals surface area (Å²) in [7, 11) is 0. The zero-order valence-electron chi connectivity index (χ0n) is 13.5. The van der Waals surface area contributed by atoms with Gasteiger partial charge < -0.3 is 4.74 Å². The highest BCUT2D eigenvalue weighted by Gasteiger charge is 2.29. The zero-order valence-corrected chi connectivity index (χ0v) is 14.3. The molecule has 0 rings (SSSR count). The molecule has 0 saturated carbocycles. The van der Waals surface area contributed by atoms with Crippen LogP contribution in [-0.2, 0) is 9.53 Å². The number of alkyl halides is 2. The molecule has 20 heavy (non-hydrogen) atoms. The van der Waals surface area contributed by atoms with E-state index in [1.54, 1.807) is 0 Å². The van der Waals surface area contributed by atoms with E-state index in [2.05, 4.69) is 0 Å². The number of rotatable bonds is 8. The number of ether oxygens (including phenoxy) is 1. The molecule has 0 heterocycles. The molecule has 0 radical (unpaired) electrons. The lowest BCUT2D eigenvalue weighted by Gasteiger charge is -2.25. The summed E-state index contributed by atoms with van der Waals surface area (Å²) in [6.45, 7) is 10.9. The van der Waals surface area contributed by atoms with Crippen molar-refractivity contribution < 1.29 is 18.3 Å². The van der Waals surface area contributed by atoms with E-state index in [1.807, 2.05) is 34.6 Å². The number of thioether (sulfide) groups is 1. The highest BCUT2D eigenvalue weighted by Crippen LogP contribution is 2.28. The van der Waals surface area contributed by atoms with Crippen molar-refractivity contribution in [2.45, 2.75) is 77.6 Å². The second kappa shape index (κ2) is 8.20. The van der Waals surface area contributed by atoms with E-state index >= 15 is 0 Å². The van der Waals surface area contributed by atoms with Crippen LogP contribution in [-0.4, -0.2) is 28.5 Å². The molecular weight excluding hydrogens is 282 g/mol. The molecule has 0 amide bonds. The first-order valence-electron chi connectivity index (χ1n) is 7.21. The van der Waals surface area contributed by atoms with Crippen LogP contribution in [0.15, 0.2) is 0 Å². The Morgan fingerprint density at radius 1 is 1.25 bits per heavy atom. The Hall–Kier alpha value is -0.320. The summed E-state index contributed by atoms with van der Waals surface area (Å²) < 4.78 is 31.6. The van der Waals surface area contributed by atoms with Crippen molar-refractivity contribution in [2.24, 2.45) is 5.92 Å². The van der Waals surface area contributed by atoms with Gasteiger partial charge in [0.25, 0.3) is 0 Å². The van der Waals surface area contributed by atoms with Crippen LogP contribution in [0.1, 0.15) is 60.8 Å². The largest absolute Gasteiger partial charge is 0.459 e. The molecule has 0 saturated heterocycles. The second-order valence-corrected chi connectivity index (χ2v) is 7.63. The smallest absolute Gasteiger partial charge is 0.319 e. The van der Waals surface area contributed by atoms with Crippen LogP contribution in [0.5, 0.6) is 0 Å². The topological polar surface area (TPSA) is 26.3 Å². The normalized spacial score (nSPS) is 14.4. The molecule has 5 heteroatoms. The molecule has 0 aromatic carbocycles. The van der Waals surface area contributed by atoms with Crippen LogP contribution in [0, 0.1) is 5.92 Å². The van der Waals surface area contributed by atoms with Crippen molar-refractivity contribution in [2.75, 3.05) is 5.75 Å². The lowest BCUT2D eigenvalue weighted by atomic mass is 10.1. The highest BCUT2D eigenvalue weighted by molar-refractivity contribution is 8.00. The van der Waals surface area contributed by atoms with Gasteiger partial charge in [0, 0.05) is 12.8 Å². The number of halogens is 2. The molecule has 1 atom stereocenters. The number of carbonyl (C=O) groups excluding carboxylic acids is 1. The van der Waals surface area contributed by atoms with E-state index in [9.17, 15) is 13.6 Å². The Kier molecular flexibility index (Phi) is 8.07. The number of carbonyl (C=O) groups is 1. The number of hydrogen-bond donors (Lipinski definition) is 0. The molecule has 0 aliphatic heterocycles. The molecule has 2 nitrogen and oxygen atoms in total. The molecular formula is C15H28F2O2S. The SMILES string of the molecule is CCC(F)(F)CCCSC(C(=O)OC(C)(C)C)C(C)C. The Morgan fingerprint density at radius 3 is 2.20 bits per heavy atom. The van der Waals surface area contributed by atoms with Gasteiger partial charge >= 0.3 is 5.97 Å². The van der Waals surface area contributed by atoms with Gasteiger partial charge in [0.15, 0.2) is 0 Å². The first-order chi connectivity index (χ1) is 8.98. The van der Waals surface area contributed by atoms with Gasteiger partial charge in [-0.2, -0.15) is 0 Å². The van der Waals surface area contributed by atoms with E-state index in [-0.39, 0.29) is 30.0 Å². The summed E-state index contributed by atoms with van der Waals surface area (Å²) in [6.07, 6.45) is 0.171. The van der Waals surface area contributed by atoms with Crippen LogP contribution in [0.3, 0.4) is 0 Å². The van der Waals surface area contributed by atoms with Crippen molar-refractivity contribution in [3.05, 3.63) is 0 Å². The van der Waals surface area contributed by atoms with Crippen molar-refractivity contribution in [1.82, 2.24) is 0 Å². The average molecular weight is 310 g/mol. The average Bonchev–Trinajstić information content (AvgIpc) is 2.25. The van der Waals surface area contributed by atoms with Gasteiger partial charge in [-0.25, -0.2) is 8.78 Å². The summed E-state index contributed by atoms with van der Waals surface area (Å²) in [4.78, 5) is 12.1. The van der Waals surface area contributed by atoms with Gasteiger partial charge in [0.05, 0.1) is 0 Å². The second-order valence-electron chi connectivity index (χ2n) is 6.38. The van der Waals surface area contributed by atoms with Gasteiger partial charge in [-0.15, -0.1) is 11.8 Å². The Labute approximate surface area is 126 Å². The van der Waals surface area contributed by atoms with Crippen molar-refractivity contribution >= 4 is 17.7 Å². The summed E-state index contributed by atoms with van der Waals surface area (Å²) in [5.41, 5.74) is -0.514. The van der Waals surface area contributed by atoms with Crippen LogP contribution >= 0.6 is 11.8 Å². The molecule has 120 valence electrons. The van der Waals surface area contributed by atoms with E-state index in [0.29, 0.717) is 12.2 Å². The molecule has 0 aliphatic rings. The van der Waals surface area contributed by atoms with Gasteiger partial charge in [0.1, 0.15) is 10.9 Å². The van der Waals surface area contributed by atoms with Crippen molar-refractivity contribution in [3.63, 3.8) is 0 Å². The van der Waals surface area contributed by atoms with Gasteiger partial charge in [-0.1, -0.05) is 20.8 Å². The van der Waals surface area contributed by atoms with E-state index in [1.165, 1.54) is 18.7 Å². The highest BCUT2D eigenvalue weighted by atomic mass is 32.2. The van der Waals surface area contributed by atoms with Crippen molar-refractivity contribution in [1.29, 1.82) is 0 Å². The minimum Gasteiger partial charge on any atom is -0.459 e. The number of esters is 1. The Balaban J connectivity index is 4.26. The minimum atomic E-state index is -2.58. The standard InChI is InChI=1S/C15H28F2O2S/c1-7-15(16,17)9-8-10-20-12(11(2)3)13(18)19-14(4,5)6/h11-12H,7-10H2,1-6H3. The summed E-state index contributed by atoms with van der Waals surface area (Å²) in [5.74, 6) is -2.15. The monoisotopic (exact) mass is 310 g/mol. The van der Waals surface area contributed by atoms with Crippen LogP contribution in [0.2, 0.25) is 0 Å². The van der Waals surface area contributed by atoms with Gasteiger partial charge in [-0.3, -0.25) is 4.79 Å². The predicted octanol–water partition coefficient (Wildman–Crippen LogP) is 4.91. The molecule has 0 aromatic heterocycles. The fraction of sp³-hybridized carbons (Fsp3) is 0.933. The maximum absolute atomic E-state index is 13.1. The lowest BCUT2D eigenvalue weighted by Crippen LogP contribution is -2.33. The van der Waals surface area contributed by atoms with E-state index < -0.39 is 11.5 Å². The van der Waals surface area contributed by atoms with Gasteiger partial charge in [0.2, 0.25) is 5.92 Å². The van der Waals surface area contributed by atoms with E-state index in [0.717, 1.165) is 0 Å². The third kappa shape index (κ3) is 8.77.